The summed E-state index contributed by atoms with van der Waals surface area (Å²) in [5.41, 5.74) is 3.90. The lowest BCUT2D eigenvalue weighted by atomic mass is 10.2. The Morgan fingerprint density at radius 3 is 2.31 bits per heavy atom. The van der Waals surface area contributed by atoms with E-state index in [9.17, 15) is 4.79 Å². The van der Waals surface area contributed by atoms with Crippen LogP contribution in [0, 0.1) is 6.92 Å². The zero-order valence-corrected chi connectivity index (χ0v) is 20.7. The Kier molecular flexibility index (Phi) is 7.52. The summed E-state index contributed by atoms with van der Waals surface area (Å²) < 4.78 is 18.4. The van der Waals surface area contributed by atoms with Crippen LogP contribution >= 0.6 is 11.3 Å². The number of hydrogen-bond donors (Lipinski definition) is 1. The second-order valence-corrected chi connectivity index (χ2v) is 8.59. The maximum Gasteiger partial charge on any atom is 0.253 e. The van der Waals surface area contributed by atoms with Gasteiger partial charge in [-0.05, 0) is 61.5 Å². The van der Waals surface area contributed by atoms with Crippen LogP contribution in [0.3, 0.4) is 0 Å². The van der Waals surface area contributed by atoms with E-state index in [0.29, 0.717) is 18.7 Å². The zero-order valence-electron chi connectivity index (χ0n) is 19.9. The van der Waals surface area contributed by atoms with Crippen LogP contribution in [0.15, 0.2) is 72.6 Å². The Morgan fingerprint density at radius 1 is 1.06 bits per heavy atom. The van der Waals surface area contributed by atoms with Crippen molar-refractivity contribution in [3.8, 4) is 34.3 Å². The van der Waals surface area contributed by atoms with E-state index in [1.807, 2.05) is 71.5 Å². The average Bonchev–Trinajstić information content (AvgIpc) is 3.50. The number of hydrogen-bond acceptors (Lipinski definition) is 6. The topological polar surface area (TPSA) is 74.6 Å². The van der Waals surface area contributed by atoms with Crippen molar-refractivity contribution in [3.05, 3.63) is 88.9 Å². The van der Waals surface area contributed by atoms with Gasteiger partial charge >= 0.3 is 0 Å². The zero-order chi connectivity index (χ0) is 24.8. The smallest absolute Gasteiger partial charge is 0.253 e. The number of amides is 1. The minimum Gasteiger partial charge on any atom is -0.497 e. The van der Waals surface area contributed by atoms with E-state index in [4.69, 9.17) is 19.2 Å². The van der Waals surface area contributed by atoms with Crippen LogP contribution in [0.1, 0.15) is 21.1 Å². The highest BCUT2D eigenvalue weighted by Crippen LogP contribution is 2.31. The van der Waals surface area contributed by atoms with Crippen LogP contribution in [0.4, 0.5) is 0 Å². The van der Waals surface area contributed by atoms with E-state index in [1.54, 1.807) is 20.3 Å². The first-order chi connectivity index (χ1) is 17.0. The number of aromatic nitrogens is 2. The van der Waals surface area contributed by atoms with E-state index in [0.717, 1.165) is 45.0 Å². The van der Waals surface area contributed by atoms with Crippen molar-refractivity contribution in [2.45, 2.75) is 13.5 Å². The molecule has 180 valence electrons. The van der Waals surface area contributed by atoms with Gasteiger partial charge in [0.05, 0.1) is 31.2 Å². The molecule has 0 bridgehead atoms. The fourth-order valence-corrected chi connectivity index (χ4v) is 4.36. The number of methoxy groups -OCH3 is 2. The van der Waals surface area contributed by atoms with Crippen LogP contribution < -0.4 is 19.5 Å². The van der Waals surface area contributed by atoms with Crippen LogP contribution in [-0.4, -0.2) is 36.2 Å². The third-order valence-corrected chi connectivity index (χ3v) is 6.29. The number of carbonyl (C=O) groups is 1. The summed E-state index contributed by atoms with van der Waals surface area (Å²) in [7, 11) is 3.26. The van der Waals surface area contributed by atoms with E-state index in [-0.39, 0.29) is 5.91 Å². The molecule has 0 saturated carbocycles. The van der Waals surface area contributed by atoms with Crippen molar-refractivity contribution < 1.29 is 19.0 Å². The molecular formula is C27H27N3O4S. The third kappa shape index (κ3) is 5.38. The number of nitrogens with zero attached hydrogens (tertiary/aromatic N) is 2. The highest BCUT2D eigenvalue weighted by atomic mass is 32.1. The highest BCUT2D eigenvalue weighted by molar-refractivity contribution is 7.09. The van der Waals surface area contributed by atoms with Gasteiger partial charge in [-0.1, -0.05) is 6.08 Å². The molecule has 0 fully saturated rings. The summed E-state index contributed by atoms with van der Waals surface area (Å²) >= 11 is 1.51. The molecule has 0 spiro atoms. The first kappa shape index (κ1) is 24.1. The Bertz CT molecular complexity index is 1310. The molecule has 1 N–H and O–H groups in total. The second kappa shape index (κ2) is 10.9. The van der Waals surface area contributed by atoms with E-state index in [1.165, 1.54) is 11.3 Å². The molecule has 0 radical (unpaired) electrons. The molecular weight excluding hydrogens is 462 g/mol. The molecule has 35 heavy (non-hydrogen) atoms. The quantitative estimate of drug-likeness (QED) is 0.301. The van der Waals surface area contributed by atoms with Gasteiger partial charge in [-0.3, -0.25) is 4.79 Å². The lowest BCUT2D eigenvalue weighted by Gasteiger charge is -2.12. The number of rotatable bonds is 10. The molecule has 0 unspecified atom stereocenters. The molecule has 4 rings (SSSR count). The lowest BCUT2D eigenvalue weighted by Crippen LogP contribution is -2.23. The minimum absolute atomic E-state index is 0.158. The van der Waals surface area contributed by atoms with Crippen LogP contribution in [0.5, 0.6) is 17.2 Å². The van der Waals surface area contributed by atoms with E-state index in [2.05, 4.69) is 11.9 Å². The molecule has 4 aromatic rings. The first-order valence-electron chi connectivity index (χ1n) is 11.0. The summed E-state index contributed by atoms with van der Waals surface area (Å²) in [4.78, 5) is 17.6. The van der Waals surface area contributed by atoms with Gasteiger partial charge in [0.1, 0.15) is 28.9 Å². The molecule has 2 aromatic heterocycles. The molecule has 0 atom stereocenters. The van der Waals surface area contributed by atoms with Gasteiger partial charge in [-0.15, -0.1) is 17.9 Å². The number of nitrogens with one attached hydrogen (secondary N) is 1. The maximum absolute atomic E-state index is 12.8. The van der Waals surface area contributed by atoms with Gasteiger partial charge < -0.3 is 24.1 Å². The maximum atomic E-state index is 12.8. The van der Waals surface area contributed by atoms with Gasteiger partial charge in [0, 0.05) is 23.3 Å². The van der Waals surface area contributed by atoms with Crippen molar-refractivity contribution >= 4 is 17.2 Å². The predicted octanol–water partition coefficient (Wildman–Crippen LogP) is 5.42. The summed E-state index contributed by atoms with van der Waals surface area (Å²) in [5.74, 6) is 2.11. The van der Waals surface area contributed by atoms with E-state index < -0.39 is 0 Å². The van der Waals surface area contributed by atoms with E-state index >= 15 is 0 Å². The van der Waals surface area contributed by atoms with Gasteiger partial charge in [-0.25, -0.2) is 4.98 Å². The largest absolute Gasteiger partial charge is 0.497 e. The Labute approximate surface area is 208 Å². The summed E-state index contributed by atoms with van der Waals surface area (Å²) in [5, 5.41) is 5.67. The fourth-order valence-electron chi connectivity index (χ4n) is 3.66. The number of carbonyl (C=O) groups excluding carboxylic acids is 1. The second-order valence-electron chi connectivity index (χ2n) is 7.65. The van der Waals surface area contributed by atoms with Crippen molar-refractivity contribution in [1.29, 1.82) is 0 Å². The Balaban J connectivity index is 1.65. The van der Waals surface area contributed by atoms with Gasteiger partial charge in [0.2, 0.25) is 0 Å². The predicted molar refractivity (Wildman–Crippen MR) is 138 cm³/mol. The number of thiazole rings is 1. The molecule has 0 aliphatic rings. The van der Waals surface area contributed by atoms with Gasteiger partial charge in [0.15, 0.2) is 0 Å². The molecule has 2 aromatic carbocycles. The normalized spacial score (nSPS) is 10.6. The van der Waals surface area contributed by atoms with Crippen molar-refractivity contribution in [2.24, 2.45) is 0 Å². The Hall–Kier alpha value is -4.04. The molecule has 2 heterocycles. The first-order valence-corrected chi connectivity index (χ1v) is 11.9. The average molecular weight is 490 g/mol. The summed E-state index contributed by atoms with van der Waals surface area (Å²) in [6.07, 6.45) is 1.66. The standard InChI is InChI=1S/C27H27N3O4S/c1-5-14-28-27(31)23-15-25(30(18(23)2)19-6-8-20(32-3)9-7-19)24-17-35-26(29-24)16-34-22-12-10-21(33-4)11-13-22/h5-13,15,17H,1,14,16H2,2-4H3,(H,28,31). The van der Waals surface area contributed by atoms with Crippen LogP contribution in [-0.2, 0) is 6.61 Å². The molecule has 0 aliphatic heterocycles. The lowest BCUT2D eigenvalue weighted by molar-refractivity contribution is 0.0957. The number of ether oxygens (including phenoxy) is 3. The fraction of sp³-hybridized carbons (Fsp3) is 0.185. The summed E-state index contributed by atoms with van der Waals surface area (Å²) in [6.45, 7) is 6.34. The van der Waals surface area contributed by atoms with Crippen molar-refractivity contribution in [1.82, 2.24) is 14.9 Å². The molecule has 0 aliphatic carbocycles. The number of benzene rings is 2. The molecule has 1 amide bonds. The molecule has 8 heteroatoms. The Morgan fingerprint density at radius 2 is 1.69 bits per heavy atom. The minimum atomic E-state index is -0.158. The molecule has 7 nitrogen and oxygen atoms in total. The SMILES string of the molecule is C=CCNC(=O)c1cc(-c2csc(COc3ccc(OC)cc3)n2)n(-c2ccc(OC)cc2)c1C. The third-order valence-electron chi connectivity index (χ3n) is 5.47. The monoisotopic (exact) mass is 489 g/mol. The van der Waals surface area contributed by atoms with Crippen molar-refractivity contribution in [3.63, 3.8) is 0 Å². The van der Waals surface area contributed by atoms with Crippen molar-refractivity contribution in [2.75, 3.05) is 20.8 Å². The van der Waals surface area contributed by atoms with Gasteiger partial charge in [0.25, 0.3) is 5.91 Å². The summed E-state index contributed by atoms with van der Waals surface area (Å²) in [6, 6.07) is 17.0. The van der Waals surface area contributed by atoms with Gasteiger partial charge in [-0.2, -0.15) is 0 Å². The van der Waals surface area contributed by atoms with Crippen LogP contribution in [0.2, 0.25) is 0 Å². The molecule has 0 saturated heterocycles. The van der Waals surface area contributed by atoms with Crippen LogP contribution in [0.25, 0.3) is 17.1 Å². The highest BCUT2D eigenvalue weighted by Gasteiger charge is 2.21.